The molecule has 0 amide bonds. The van der Waals surface area contributed by atoms with E-state index in [1.165, 1.54) is 117 Å². The third kappa shape index (κ3) is 5.00. The maximum atomic E-state index is 2.57. The van der Waals surface area contributed by atoms with Crippen molar-refractivity contribution in [3.8, 4) is 44.5 Å². The first-order valence-electron chi connectivity index (χ1n) is 21.7. The van der Waals surface area contributed by atoms with Crippen molar-refractivity contribution in [2.45, 2.75) is 19.8 Å². The average Bonchev–Trinajstić information content (AvgIpc) is 3.84. The fraction of sp³-hybridized carbons (Fsp3) is 0.0526. The van der Waals surface area contributed by atoms with E-state index in [0.29, 0.717) is 5.92 Å². The minimum Gasteiger partial charge on any atom is -0.312 e. The number of rotatable bonds is 5. The highest BCUT2D eigenvalue weighted by Crippen LogP contribution is 2.45. The summed E-state index contributed by atoms with van der Waals surface area (Å²) >= 11 is 0. The zero-order valence-corrected chi connectivity index (χ0v) is 34.2. The highest BCUT2D eigenvalue weighted by molar-refractivity contribution is 7.03. The van der Waals surface area contributed by atoms with Gasteiger partial charge in [0, 0.05) is 34.1 Å². The lowest BCUT2D eigenvalue weighted by Crippen LogP contribution is -2.58. The Morgan fingerprint density at radius 1 is 0.328 bits per heavy atom. The third-order valence-corrected chi connectivity index (χ3v) is 13.9. The molecule has 0 unspecified atom stereocenters. The topological polar surface area (TPSA) is 6.48 Å². The molecule has 4 aliphatic rings. The van der Waals surface area contributed by atoms with E-state index in [9.17, 15) is 0 Å². The van der Waals surface area contributed by atoms with E-state index in [4.69, 9.17) is 0 Å². The Morgan fingerprint density at radius 2 is 0.721 bits per heavy atom. The van der Waals surface area contributed by atoms with Crippen LogP contribution in [-0.2, 0) is 0 Å². The predicted octanol–water partition coefficient (Wildman–Crippen LogP) is 10.7. The van der Waals surface area contributed by atoms with Crippen molar-refractivity contribution in [1.29, 1.82) is 0 Å². The lowest BCUT2D eigenvalue weighted by molar-refractivity contribution is 0.867. The Balaban J connectivity index is 1.05. The van der Waals surface area contributed by atoms with Crippen molar-refractivity contribution in [1.82, 2.24) is 0 Å². The zero-order chi connectivity index (χ0) is 40.3. The van der Waals surface area contributed by atoms with Gasteiger partial charge in [0.25, 0.3) is 0 Å². The molecule has 0 bridgehead atoms. The molecule has 0 saturated carbocycles. The van der Waals surface area contributed by atoms with Gasteiger partial charge in [-0.05, 0) is 126 Å². The van der Waals surface area contributed by atoms with Crippen molar-refractivity contribution >= 4 is 80.3 Å². The SMILES string of the molecule is CC(C)c1ccc(-c2ccc(N3c4cc5c(cc4B4c6ccccc6-c6cccc3c64)N(c3ccc(-c4ccccc4)cc3)c3cccc4c3B5c3ccccc3-4)cc2)cc1. The van der Waals surface area contributed by atoms with E-state index >= 15 is 0 Å². The van der Waals surface area contributed by atoms with Crippen LogP contribution < -0.4 is 42.6 Å². The van der Waals surface area contributed by atoms with Gasteiger partial charge in [-0.3, -0.25) is 0 Å². The smallest absolute Gasteiger partial charge is 0.248 e. The van der Waals surface area contributed by atoms with Crippen LogP contribution >= 0.6 is 0 Å². The van der Waals surface area contributed by atoms with Gasteiger partial charge in [0.15, 0.2) is 0 Å². The number of anilines is 6. The second-order valence-corrected chi connectivity index (χ2v) is 17.4. The summed E-state index contributed by atoms with van der Waals surface area (Å²) in [5.74, 6) is 0.508. The van der Waals surface area contributed by atoms with Gasteiger partial charge >= 0.3 is 0 Å². The monoisotopic (exact) mass is 774 g/mol. The van der Waals surface area contributed by atoms with E-state index in [1.807, 2.05) is 0 Å². The fourth-order valence-electron chi connectivity index (χ4n) is 11.1. The Hall–Kier alpha value is -7.29. The summed E-state index contributed by atoms with van der Waals surface area (Å²) in [5.41, 5.74) is 27.2. The van der Waals surface area contributed by atoms with Gasteiger partial charge in [-0.2, -0.15) is 0 Å². The highest BCUT2D eigenvalue weighted by Gasteiger charge is 2.47. The fourth-order valence-corrected chi connectivity index (χ4v) is 11.1. The summed E-state index contributed by atoms with van der Waals surface area (Å²) in [5, 5.41) is 0. The lowest BCUT2D eigenvalue weighted by Gasteiger charge is -2.41. The molecule has 0 saturated heterocycles. The van der Waals surface area contributed by atoms with Crippen molar-refractivity contribution in [2.24, 2.45) is 0 Å². The quantitative estimate of drug-likeness (QED) is 0.161. The first kappa shape index (κ1) is 34.6. The van der Waals surface area contributed by atoms with E-state index < -0.39 is 0 Å². The molecule has 4 heterocycles. The molecule has 0 N–H and O–H groups in total. The molecule has 0 fully saturated rings. The van der Waals surface area contributed by atoms with Gasteiger partial charge in [0.05, 0.1) is 0 Å². The maximum absolute atomic E-state index is 2.57. The molecule has 0 atom stereocenters. The minimum atomic E-state index is 0.114. The van der Waals surface area contributed by atoms with Crippen LogP contribution in [0.15, 0.2) is 200 Å². The molecule has 2 nitrogen and oxygen atoms in total. The van der Waals surface area contributed by atoms with E-state index in [1.54, 1.807) is 0 Å². The molecule has 13 rings (SSSR count). The van der Waals surface area contributed by atoms with Crippen LogP contribution in [0.1, 0.15) is 25.3 Å². The van der Waals surface area contributed by atoms with Crippen molar-refractivity contribution in [3.63, 3.8) is 0 Å². The van der Waals surface area contributed by atoms with Crippen molar-refractivity contribution in [3.05, 3.63) is 206 Å². The highest BCUT2D eigenvalue weighted by atomic mass is 15.2. The predicted molar refractivity (Wildman–Crippen MR) is 261 cm³/mol. The maximum Gasteiger partial charge on any atom is 0.248 e. The van der Waals surface area contributed by atoms with Gasteiger partial charge in [0.2, 0.25) is 13.4 Å². The Kier molecular flexibility index (Phi) is 7.42. The molecule has 0 aliphatic carbocycles. The summed E-state index contributed by atoms with van der Waals surface area (Å²) in [4.78, 5) is 5.11. The first-order chi connectivity index (χ1) is 30.1. The van der Waals surface area contributed by atoms with Gasteiger partial charge in [-0.1, -0.05) is 176 Å². The van der Waals surface area contributed by atoms with Crippen molar-refractivity contribution < 1.29 is 0 Å². The molecule has 284 valence electrons. The zero-order valence-electron chi connectivity index (χ0n) is 34.2. The van der Waals surface area contributed by atoms with Gasteiger partial charge in [-0.15, -0.1) is 0 Å². The first-order valence-corrected chi connectivity index (χ1v) is 21.7. The Labute approximate surface area is 358 Å². The average molecular weight is 775 g/mol. The number of hydrogen-bond acceptors (Lipinski definition) is 2. The summed E-state index contributed by atoms with van der Waals surface area (Å²) in [7, 11) is 0. The molecule has 0 spiro atoms. The van der Waals surface area contributed by atoms with Crippen LogP contribution in [0.4, 0.5) is 34.1 Å². The Morgan fingerprint density at radius 3 is 1.18 bits per heavy atom. The summed E-state index contributed by atoms with van der Waals surface area (Å²) in [6.45, 7) is 4.74. The lowest BCUT2D eigenvalue weighted by atomic mass is 9.34. The molecular weight excluding hydrogens is 734 g/mol. The standard InChI is InChI=1S/C57H40B2N2/c1-36(2)37-22-24-39(25-23-37)41-28-32-43(33-29-41)61-53-21-11-17-47-45-15-7-9-19-49(45)59(57(47)53)51-34-54-50(35-55(51)61)58-48-18-8-6-14-44(48)46-16-10-20-52(56(46)58)60(54)42-30-26-40(27-31-42)38-12-4-3-5-13-38/h3-36H,1-2H3. The van der Waals surface area contributed by atoms with Crippen molar-refractivity contribution in [2.75, 3.05) is 9.80 Å². The van der Waals surface area contributed by atoms with Crippen LogP contribution in [-0.4, -0.2) is 13.4 Å². The number of nitrogens with zero attached hydrogens (tertiary/aromatic N) is 2. The minimum absolute atomic E-state index is 0.114. The van der Waals surface area contributed by atoms with Gasteiger partial charge in [-0.25, -0.2) is 0 Å². The second kappa shape index (κ2) is 13.1. The molecule has 0 aromatic heterocycles. The van der Waals surface area contributed by atoms with E-state index in [2.05, 4.69) is 224 Å². The second-order valence-electron chi connectivity index (χ2n) is 17.4. The number of fused-ring (bicyclic) bond motifs is 10. The van der Waals surface area contributed by atoms with E-state index in [0.717, 1.165) is 0 Å². The van der Waals surface area contributed by atoms with E-state index in [-0.39, 0.29) is 13.4 Å². The summed E-state index contributed by atoms with van der Waals surface area (Å²) in [6.07, 6.45) is 0. The van der Waals surface area contributed by atoms with Crippen LogP contribution in [0, 0.1) is 0 Å². The molecular formula is C57H40B2N2. The van der Waals surface area contributed by atoms with Crippen LogP contribution in [0.5, 0.6) is 0 Å². The molecule has 0 radical (unpaired) electrons. The normalized spacial score (nSPS) is 13.4. The van der Waals surface area contributed by atoms with Gasteiger partial charge < -0.3 is 9.80 Å². The summed E-state index contributed by atoms with van der Waals surface area (Å²) in [6, 6.07) is 75.4. The number of benzene rings is 9. The largest absolute Gasteiger partial charge is 0.312 e. The molecule has 4 heteroatoms. The number of hydrogen-bond donors (Lipinski definition) is 0. The third-order valence-electron chi connectivity index (χ3n) is 13.9. The summed E-state index contributed by atoms with van der Waals surface area (Å²) < 4.78 is 0. The molecule has 61 heavy (non-hydrogen) atoms. The molecule has 9 aromatic rings. The Bertz CT molecular complexity index is 3230. The van der Waals surface area contributed by atoms with Crippen LogP contribution in [0.3, 0.4) is 0 Å². The van der Waals surface area contributed by atoms with Crippen LogP contribution in [0.2, 0.25) is 0 Å². The van der Waals surface area contributed by atoms with Gasteiger partial charge in [0.1, 0.15) is 0 Å². The van der Waals surface area contributed by atoms with Crippen LogP contribution in [0.25, 0.3) is 44.5 Å². The molecule has 9 aromatic carbocycles. The molecule has 4 aliphatic heterocycles.